The number of carbonyl (C=O) groups excluding carboxylic acids is 1. The van der Waals surface area contributed by atoms with Gasteiger partial charge >= 0.3 is 0 Å². The minimum atomic E-state index is -0.264. The monoisotopic (exact) mass is 320 g/mol. The summed E-state index contributed by atoms with van der Waals surface area (Å²) in [6, 6.07) is 4.81. The summed E-state index contributed by atoms with van der Waals surface area (Å²) in [5, 5.41) is 0. The maximum atomic E-state index is 13.4. The average Bonchev–Trinajstić information content (AvgIpc) is 3.06. The molecule has 0 bridgehead atoms. The van der Waals surface area contributed by atoms with E-state index in [1.165, 1.54) is 18.9 Å². The Kier molecular flexibility index (Phi) is 6.17. The van der Waals surface area contributed by atoms with Crippen molar-refractivity contribution in [3.8, 4) is 0 Å². The second kappa shape index (κ2) is 7.91. The maximum Gasteiger partial charge on any atom is 0.253 e. The molecule has 1 aromatic carbocycles. The van der Waals surface area contributed by atoms with E-state index in [-0.39, 0.29) is 17.8 Å². The number of benzene rings is 1. The van der Waals surface area contributed by atoms with Crippen molar-refractivity contribution in [2.24, 2.45) is 5.92 Å². The van der Waals surface area contributed by atoms with Gasteiger partial charge in [0.2, 0.25) is 0 Å². The fourth-order valence-electron chi connectivity index (χ4n) is 3.32. The number of aryl methyl sites for hydroxylation is 1. The smallest absolute Gasteiger partial charge is 0.253 e. The summed E-state index contributed by atoms with van der Waals surface area (Å²) >= 11 is 0. The van der Waals surface area contributed by atoms with Gasteiger partial charge in [0.15, 0.2) is 0 Å². The summed E-state index contributed by atoms with van der Waals surface area (Å²) in [5.74, 6) is 0.156. The second-order valence-corrected chi connectivity index (χ2v) is 6.84. The van der Waals surface area contributed by atoms with E-state index in [4.69, 9.17) is 0 Å². The van der Waals surface area contributed by atoms with Crippen molar-refractivity contribution in [2.45, 2.75) is 46.1 Å². The number of carbonyl (C=O) groups is 1. The Morgan fingerprint density at radius 3 is 2.57 bits per heavy atom. The molecule has 1 aromatic rings. The highest BCUT2D eigenvalue weighted by molar-refractivity contribution is 5.94. The molecule has 2 atom stereocenters. The van der Waals surface area contributed by atoms with Crippen molar-refractivity contribution >= 4 is 5.91 Å². The molecule has 0 N–H and O–H groups in total. The third kappa shape index (κ3) is 4.31. The topological polar surface area (TPSA) is 23.6 Å². The zero-order valence-electron chi connectivity index (χ0n) is 14.8. The first-order valence-corrected chi connectivity index (χ1v) is 8.69. The number of amides is 1. The van der Waals surface area contributed by atoms with Crippen LogP contribution in [0.5, 0.6) is 0 Å². The molecular formula is C19H29FN2O. The van der Waals surface area contributed by atoms with Gasteiger partial charge in [-0.05, 0) is 62.5 Å². The van der Waals surface area contributed by atoms with Crippen LogP contribution >= 0.6 is 0 Å². The van der Waals surface area contributed by atoms with Crippen molar-refractivity contribution in [3.05, 3.63) is 35.1 Å². The quantitative estimate of drug-likeness (QED) is 0.797. The molecule has 3 nitrogen and oxygen atoms in total. The van der Waals surface area contributed by atoms with E-state index in [9.17, 15) is 9.18 Å². The Morgan fingerprint density at radius 2 is 2.00 bits per heavy atom. The summed E-state index contributed by atoms with van der Waals surface area (Å²) in [7, 11) is 1.88. The first-order valence-electron chi connectivity index (χ1n) is 8.69. The first kappa shape index (κ1) is 17.9. The van der Waals surface area contributed by atoms with Crippen LogP contribution in [0.2, 0.25) is 0 Å². The summed E-state index contributed by atoms with van der Waals surface area (Å²) in [6.07, 6.45) is 3.54. The lowest BCUT2D eigenvalue weighted by Gasteiger charge is -2.35. The van der Waals surface area contributed by atoms with Gasteiger partial charge in [0.1, 0.15) is 5.82 Å². The summed E-state index contributed by atoms with van der Waals surface area (Å²) in [4.78, 5) is 17.1. The molecule has 23 heavy (non-hydrogen) atoms. The lowest BCUT2D eigenvalue weighted by molar-refractivity contribution is 0.0626. The van der Waals surface area contributed by atoms with E-state index >= 15 is 0 Å². The van der Waals surface area contributed by atoms with E-state index in [1.807, 2.05) is 11.9 Å². The molecular weight excluding hydrogens is 291 g/mol. The molecule has 0 unspecified atom stereocenters. The maximum absolute atomic E-state index is 13.4. The summed E-state index contributed by atoms with van der Waals surface area (Å²) in [5.41, 5.74) is 1.09. The molecule has 4 heteroatoms. The third-order valence-electron chi connectivity index (χ3n) is 5.17. The number of hydrogen-bond acceptors (Lipinski definition) is 2. The number of hydrogen-bond donors (Lipinski definition) is 0. The van der Waals surface area contributed by atoms with E-state index in [0.717, 1.165) is 26.1 Å². The Balaban J connectivity index is 2.15. The van der Waals surface area contributed by atoms with Crippen LogP contribution in [0.15, 0.2) is 18.2 Å². The largest absolute Gasteiger partial charge is 0.337 e. The van der Waals surface area contributed by atoms with Crippen molar-refractivity contribution in [2.75, 3.05) is 26.7 Å². The highest BCUT2D eigenvalue weighted by atomic mass is 19.1. The van der Waals surface area contributed by atoms with Crippen LogP contribution in [0, 0.1) is 18.7 Å². The summed E-state index contributed by atoms with van der Waals surface area (Å²) < 4.78 is 13.4. The Labute approximate surface area is 139 Å². The second-order valence-electron chi connectivity index (χ2n) is 6.84. The number of likely N-dealkylation sites (N-methyl/N-ethyl adjacent to an activating group) is 1. The van der Waals surface area contributed by atoms with Gasteiger partial charge in [-0.1, -0.05) is 20.3 Å². The van der Waals surface area contributed by atoms with E-state index in [2.05, 4.69) is 18.7 Å². The molecule has 0 radical (unpaired) electrons. The SMILES string of the molecule is CC[C@H](C)[C@@H](CN1CCCC1)N(C)C(=O)c1ccc(F)c(C)c1. The number of halogens is 1. The fraction of sp³-hybridized carbons (Fsp3) is 0.632. The van der Waals surface area contributed by atoms with Crippen LogP contribution < -0.4 is 0 Å². The number of likely N-dealkylation sites (tertiary alicyclic amines) is 1. The third-order valence-corrected chi connectivity index (χ3v) is 5.17. The highest BCUT2D eigenvalue weighted by Crippen LogP contribution is 2.20. The van der Waals surface area contributed by atoms with Crippen molar-refractivity contribution < 1.29 is 9.18 Å². The normalized spacial score (nSPS) is 18.0. The van der Waals surface area contributed by atoms with Gasteiger partial charge in [0.25, 0.3) is 5.91 Å². The predicted octanol–water partition coefficient (Wildman–Crippen LogP) is 3.72. The van der Waals surface area contributed by atoms with Gasteiger partial charge in [-0.25, -0.2) is 4.39 Å². The van der Waals surface area contributed by atoms with Crippen LogP contribution in [-0.2, 0) is 0 Å². The van der Waals surface area contributed by atoms with Crippen LogP contribution in [0.3, 0.4) is 0 Å². The Morgan fingerprint density at radius 1 is 1.35 bits per heavy atom. The van der Waals surface area contributed by atoms with Gasteiger partial charge in [0, 0.05) is 25.2 Å². The van der Waals surface area contributed by atoms with Gasteiger partial charge < -0.3 is 9.80 Å². The molecule has 0 spiro atoms. The lowest BCUT2D eigenvalue weighted by atomic mass is 9.96. The molecule has 1 fully saturated rings. The van der Waals surface area contributed by atoms with Crippen LogP contribution in [0.4, 0.5) is 4.39 Å². The molecule has 2 rings (SSSR count). The van der Waals surface area contributed by atoms with Gasteiger partial charge in [-0.15, -0.1) is 0 Å². The van der Waals surface area contributed by atoms with E-state index in [0.29, 0.717) is 17.0 Å². The Hall–Kier alpha value is -1.42. The molecule has 1 aliphatic rings. The number of nitrogens with zero attached hydrogens (tertiary/aromatic N) is 2. The molecule has 1 saturated heterocycles. The highest BCUT2D eigenvalue weighted by Gasteiger charge is 2.28. The van der Waals surface area contributed by atoms with Gasteiger partial charge in [-0.2, -0.15) is 0 Å². The van der Waals surface area contributed by atoms with E-state index in [1.54, 1.807) is 19.1 Å². The molecule has 0 saturated carbocycles. The number of rotatable bonds is 6. The fourth-order valence-corrected chi connectivity index (χ4v) is 3.32. The van der Waals surface area contributed by atoms with Crippen LogP contribution in [0.1, 0.15) is 49.0 Å². The standard InChI is InChI=1S/C19H29FN2O/c1-5-14(2)18(13-22-10-6-7-11-22)21(4)19(23)16-8-9-17(20)15(3)12-16/h8-9,12,14,18H,5-7,10-11,13H2,1-4H3/t14-,18+/m0/s1. The minimum absolute atomic E-state index is 0.0161. The zero-order valence-corrected chi connectivity index (χ0v) is 14.8. The summed E-state index contributed by atoms with van der Waals surface area (Å²) in [6.45, 7) is 9.26. The van der Waals surface area contributed by atoms with Gasteiger partial charge in [-0.3, -0.25) is 4.79 Å². The molecule has 1 heterocycles. The Bertz CT molecular complexity index is 540. The average molecular weight is 320 g/mol. The first-order chi connectivity index (χ1) is 10.9. The lowest BCUT2D eigenvalue weighted by Crippen LogP contribution is -2.47. The van der Waals surface area contributed by atoms with Crippen molar-refractivity contribution in [3.63, 3.8) is 0 Å². The van der Waals surface area contributed by atoms with Crippen LogP contribution in [-0.4, -0.2) is 48.4 Å². The van der Waals surface area contributed by atoms with Crippen LogP contribution in [0.25, 0.3) is 0 Å². The minimum Gasteiger partial charge on any atom is -0.337 e. The van der Waals surface area contributed by atoms with Crippen molar-refractivity contribution in [1.29, 1.82) is 0 Å². The molecule has 1 aliphatic heterocycles. The molecule has 1 amide bonds. The molecule has 0 aliphatic carbocycles. The molecule has 0 aromatic heterocycles. The molecule has 128 valence electrons. The zero-order chi connectivity index (χ0) is 17.0. The van der Waals surface area contributed by atoms with Gasteiger partial charge in [0.05, 0.1) is 0 Å². The van der Waals surface area contributed by atoms with Crippen molar-refractivity contribution in [1.82, 2.24) is 9.80 Å². The predicted molar refractivity (Wildman–Crippen MR) is 92.1 cm³/mol. The van der Waals surface area contributed by atoms with E-state index < -0.39 is 0 Å².